The van der Waals surface area contributed by atoms with Gasteiger partial charge in [-0.05, 0) is 17.7 Å². The molecule has 0 radical (unpaired) electrons. The van der Waals surface area contributed by atoms with Crippen LogP contribution in [0.25, 0.3) is 0 Å². The van der Waals surface area contributed by atoms with Gasteiger partial charge < -0.3 is 15.5 Å². The van der Waals surface area contributed by atoms with E-state index >= 15 is 0 Å². The molecule has 1 amide bonds. The molecule has 25 heavy (non-hydrogen) atoms. The molecule has 0 fully saturated rings. The van der Waals surface area contributed by atoms with E-state index in [9.17, 15) is 32.7 Å². The summed E-state index contributed by atoms with van der Waals surface area (Å²) in [7, 11) is 0. The molecule has 6 nitrogen and oxygen atoms in total. The Kier molecular flexibility index (Phi) is 7.28. The van der Waals surface area contributed by atoms with Crippen molar-refractivity contribution in [2.75, 3.05) is 5.75 Å². The Morgan fingerprint density at radius 3 is 2.20 bits per heavy atom. The van der Waals surface area contributed by atoms with Gasteiger partial charge in [-0.15, -0.1) is 0 Å². The van der Waals surface area contributed by atoms with Crippen LogP contribution in [0.2, 0.25) is 0 Å². The molecule has 0 spiro atoms. The monoisotopic (exact) mass is 379 g/mol. The number of hydrogen-bond acceptors (Lipinski definition) is 5. The standard InChI is InChI=1S/C15H16F3NO5S/c1-8(20)25-7-11(15(16,17)18)13(22)19-12(14(23)24)6-9-2-4-10(21)5-3-9/h2-5,11-12,21H,6-7H2,1H3,(H,19,22)(H,23,24)/t11-,12-/m0/s1. The fourth-order valence-electron chi connectivity index (χ4n) is 1.86. The summed E-state index contributed by atoms with van der Waals surface area (Å²) < 4.78 is 38.9. The highest BCUT2D eigenvalue weighted by atomic mass is 32.2. The van der Waals surface area contributed by atoms with Gasteiger partial charge >= 0.3 is 12.1 Å². The average molecular weight is 379 g/mol. The minimum atomic E-state index is -4.91. The molecule has 0 aromatic heterocycles. The van der Waals surface area contributed by atoms with Crippen molar-refractivity contribution in [3.8, 4) is 5.75 Å². The Bertz CT molecular complexity index is 633. The number of thioether (sulfide) groups is 1. The second kappa shape index (κ2) is 8.75. The van der Waals surface area contributed by atoms with Crippen molar-refractivity contribution in [2.45, 2.75) is 25.6 Å². The zero-order valence-electron chi connectivity index (χ0n) is 13.0. The molecular formula is C15H16F3NO5S. The van der Waals surface area contributed by atoms with Crippen LogP contribution in [0.3, 0.4) is 0 Å². The summed E-state index contributed by atoms with van der Waals surface area (Å²) in [5, 5.41) is 19.6. The van der Waals surface area contributed by atoms with Crippen LogP contribution in [0.5, 0.6) is 5.75 Å². The number of nitrogens with one attached hydrogen (secondary N) is 1. The van der Waals surface area contributed by atoms with E-state index in [1.54, 1.807) is 0 Å². The number of aliphatic carboxylic acids is 1. The second-order valence-corrected chi connectivity index (χ2v) is 6.36. The molecular weight excluding hydrogens is 363 g/mol. The molecule has 1 aromatic rings. The lowest BCUT2D eigenvalue weighted by Crippen LogP contribution is -2.49. The number of carboxylic acid groups (broad SMARTS) is 1. The van der Waals surface area contributed by atoms with Gasteiger partial charge in [0, 0.05) is 19.1 Å². The van der Waals surface area contributed by atoms with Crippen LogP contribution in [-0.4, -0.2) is 45.2 Å². The molecule has 0 aliphatic heterocycles. The Hall–Kier alpha value is -2.23. The fraction of sp³-hybridized carbons (Fsp3) is 0.400. The van der Waals surface area contributed by atoms with E-state index in [1.807, 2.05) is 5.32 Å². The van der Waals surface area contributed by atoms with E-state index in [0.717, 1.165) is 6.92 Å². The number of benzene rings is 1. The molecule has 138 valence electrons. The first kappa shape index (κ1) is 20.8. The van der Waals surface area contributed by atoms with Crippen LogP contribution in [0.1, 0.15) is 12.5 Å². The maximum Gasteiger partial charge on any atom is 0.401 e. The lowest BCUT2D eigenvalue weighted by molar-refractivity contribution is -0.179. The molecule has 0 heterocycles. The SMILES string of the molecule is CC(=O)SC[C@@H](C(=O)N[C@@H](Cc1ccc(O)cc1)C(=O)O)C(F)(F)F. The third-order valence-electron chi connectivity index (χ3n) is 3.16. The molecule has 0 aliphatic carbocycles. The summed E-state index contributed by atoms with van der Waals surface area (Å²) in [6.45, 7) is 1.07. The van der Waals surface area contributed by atoms with Gasteiger partial charge in [0.2, 0.25) is 5.91 Å². The van der Waals surface area contributed by atoms with E-state index in [4.69, 9.17) is 5.11 Å². The Morgan fingerprint density at radius 2 is 1.76 bits per heavy atom. The van der Waals surface area contributed by atoms with Crippen molar-refractivity contribution in [2.24, 2.45) is 5.92 Å². The van der Waals surface area contributed by atoms with E-state index < -0.39 is 40.9 Å². The molecule has 0 bridgehead atoms. The molecule has 10 heteroatoms. The third kappa shape index (κ3) is 7.04. The van der Waals surface area contributed by atoms with Crippen LogP contribution in [-0.2, 0) is 20.8 Å². The van der Waals surface area contributed by atoms with Gasteiger partial charge in [0.25, 0.3) is 0 Å². The smallest absolute Gasteiger partial charge is 0.401 e. The second-order valence-electron chi connectivity index (χ2n) is 5.17. The van der Waals surface area contributed by atoms with Gasteiger partial charge in [0.05, 0.1) is 0 Å². The maximum atomic E-state index is 13.0. The average Bonchev–Trinajstić information content (AvgIpc) is 2.47. The highest BCUT2D eigenvalue weighted by molar-refractivity contribution is 8.13. The summed E-state index contributed by atoms with van der Waals surface area (Å²) in [6.07, 6.45) is -5.17. The molecule has 0 saturated heterocycles. The predicted octanol–water partition coefficient (Wildman–Crippen LogP) is 1.96. The van der Waals surface area contributed by atoms with E-state index in [0.29, 0.717) is 17.3 Å². The summed E-state index contributed by atoms with van der Waals surface area (Å²) in [4.78, 5) is 34.0. The number of carbonyl (C=O) groups is 3. The molecule has 1 rings (SSSR count). The van der Waals surface area contributed by atoms with Gasteiger partial charge in [-0.1, -0.05) is 23.9 Å². The molecule has 0 saturated carbocycles. The summed E-state index contributed by atoms with van der Waals surface area (Å²) in [5.74, 6) is -6.38. The first-order chi connectivity index (χ1) is 11.5. The van der Waals surface area contributed by atoms with E-state index in [2.05, 4.69) is 0 Å². The number of halogens is 3. The van der Waals surface area contributed by atoms with Crippen LogP contribution in [0.15, 0.2) is 24.3 Å². The van der Waals surface area contributed by atoms with Crippen molar-refractivity contribution in [1.29, 1.82) is 0 Å². The Labute approximate surface area is 145 Å². The van der Waals surface area contributed by atoms with Gasteiger partial charge in [0.1, 0.15) is 17.7 Å². The van der Waals surface area contributed by atoms with Gasteiger partial charge in [-0.25, -0.2) is 4.79 Å². The van der Waals surface area contributed by atoms with Gasteiger partial charge in [0.15, 0.2) is 5.12 Å². The first-order valence-corrected chi connectivity index (χ1v) is 8.00. The van der Waals surface area contributed by atoms with Crippen molar-refractivity contribution in [3.05, 3.63) is 29.8 Å². The molecule has 0 unspecified atom stereocenters. The Morgan fingerprint density at radius 1 is 1.20 bits per heavy atom. The highest BCUT2D eigenvalue weighted by Crippen LogP contribution is 2.29. The lowest BCUT2D eigenvalue weighted by Gasteiger charge is -2.22. The quantitative estimate of drug-likeness (QED) is 0.669. The van der Waals surface area contributed by atoms with E-state index in [1.165, 1.54) is 24.3 Å². The minimum absolute atomic E-state index is 0.0574. The Balaban J connectivity index is 2.86. The molecule has 3 N–H and O–H groups in total. The molecule has 1 aromatic carbocycles. The number of carboxylic acids is 1. The zero-order valence-corrected chi connectivity index (χ0v) is 13.9. The predicted molar refractivity (Wildman–Crippen MR) is 84.1 cm³/mol. The number of phenolic OH excluding ortho intramolecular Hbond substituents is 1. The third-order valence-corrected chi connectivity index (χ3v) is 4.06. The fourth-order valence-corrected chi connectivity index (χ4v) is 2.60. The lowest BCUT2D eigenvalue weighted by atomic mass is 10.0. The van der Waals surface area contributed by atoms with Crippen LogP contribution >= 0.6 is 11.8 Å². The molecule has 0 aliphatic rings. The number of rotatable bonds is 7. The van der Waals surface area contributed by atoms with Crippen LogP contribution in [0.4, 0.5) is 13.2 Å². The van der Waals surface area contributed by atoms with Crippen LogP contribution < -0.4 is 5.32 Å². The van der Waals surface area contributed by atoms with Crippen molar-refractivity contribution in [1.82, 2.24) is 5.32 Å². The minimum Gasteiger partial charge on any atom is -0.508 e. The van der Waals surface area contributed by atoms with Crippen molar-refractivity contribution >= 4 is 28.8 Å². The van der Waals surface area contributed by atoms with E-state index in [-0.39, 0.29) is 12.2 Å². The maximum absolute atomic E-state index is 13.0. The summed E-state index contributed by atoms with van der Waals surface area (Å²) in [5.41, 5.74) is 0.409. The number of alkyl halides is 3. The van der Waals surface area contributed by atoms with Crippen molar-refractivity contribution in [3.63, 3.8) is 0 Å². The normalized spacial score (nSPS) is 13.8. The number of hydrogen-bond donors (Lipinski definition) is 3. The number of aromatic hydroxyl groups is 1. The largest absolute Gasteiger partial charge is 0.508 e. The number of amides is 1. The van der Waals surface area contributed by atoms with Gasteiger partial charge in [-0.2, -0.15) is 13.2 Å². The summed E-state index contributed by atoms with van der Waals surface area (Å²) >= 11 is 0.341. The first-order valence-electron chi connectivity index (χ1n) is 7.02. The van der Waals surface area contributed by atoms with Gasteiger partial charge in [-0.3, -0.25) is 9.59 Å². The zero-order chi connectivity index (χ0) is 19.2. The topological polar surface area (TPSA) is 104 Å². The molecule has 2 atom stereocenters. The van der Waals surface area contributed by atoms with Crippen LogP contribution in [0, 0.1) is 5.92 Å². The number of phenols is 1. The number of carbonyl (C=O) groups excluding carboxylic acids is 2. The summed E-state index contributed by atoms with van der Waals surface area (Å²) in [6, 6.07) is 3.79. The van der Waals surface area contributed by atoms with Crippen molar-refractivity contribution < 1.29 is 37.8 Å². The highest BCUT2D eigenvalue weighted by Gasteiger charge is 2.45.